The van der Waals surface area contributed by atoms with E-state index in [1.165, 1.54) is 5.56 Å². The second kappa shape index (κ2) is 5.22. The van der Waals surface area contributed by atoms with Gasteiger partial charge >= 0.3 is 0 Å². The number of rotatable bonds is 4. The minimum atomic E-state index is 0.767. The van der Waals surface area contributed by atoms with Crippen LogP contribution in [0.1, 0.15) is 5.56 Å². The van der Waals surface area contributed by atoms with Crippen LogP contribution >= 0.6 is 11.8 Å². The molecule has 0 aliphatic carbocycles. The lowest BCUT2D eigenvalue weighted by Crippen LogP contribution is -2.01. The van der Waals surface area contributed by atoms with Gasteiger partial charge in [-0.1, -0.05) is 24.3 Å². The van der Waals surface area contributed by atoms with E-state index in [2.05, 4.69) is 18.2 Å². The summed E-state index contributed by atoms with van der Waals surface area (Å²) >= 11 is 1.87. The zero-order valence-electron chi connectivity index (χ0n) is 6.42. The summed E-state index contributed by atoms with van der Waals surface area (Å²) in [4.78, 5) is 0. The highest BCUT2D eigenvalue weighted by Crippen LogP contribution is 2.09. The van der Waals surface area contributed by atoms with Crippen molar-refractivity contribution in [3.05, 3.63) is 35.9 Å². The van der Waals surface area contributed by atoms with Gasteiger partial charge in [0.1, 0.15) is 0 Å². The van der Waals surface area contributed by atoms with Crippen molar-refractivity contribution in [1.82, 2.24) is 0 Å². The first kappa shape index (κ1) is 8.62. The lowest BCUT2D eigenvalue weighted by atomic mass is 10.2. The minimum Gasteiger partial charge on any atom is -0.330 e. The molecule has 1 radical (unpaired) electrons. The first-order chi connectivity index (χ1) is 5.43. The van der Waals surface area contributed by atoms with Crippen LogP contribution in [-0.4, -0.2) is 12.3 Å². The molecular weight excluding hydrogens is 154 g/mol. The third-order valence-corrected chi connectivity index (χ3v) is 2.38. The van der Waals surface area contributed by atoms with Crippen LogP contribution < -0.4 is 5.73 Å². The summed E-state index contributed by atoms with van der Waals surface area (Å²) in [6, 6.07) is 11.0. The van der Waals surface area contributed by atoms with Gasteiger partial charge in [0.25, 0.3) is 0 Å². The zero-order chi connectivity index (χ0) is 7.94. The predicted molar refractivity (Wildman–Crippen MR) is 50.5 cm³/mol. The molecule has 0 aliphatic heterocycles. The van der Waals surface area contributed by atoms with Crippen LogP contribution in [0.4, 0.5) is 0 Å². The Balaban J connectivity index is 2.28. The van der Waals surface area contributed by atoms with Crippen molar-refractivity contribution in [2.75, 3.05) is 12.3 Å². The third-order valence-electron chi connectivity index (χ3n) is 1.32. The van der Waals surface area contributed by atoms with Gasteiger partial charge in [0, 0.05) is 18.1 Å². The van der Waals surface area contributed by atoms with Gasteiger partial charge in [-0.3, -0.25) is 0 Å². The Morgan fingerprint density at radius 3 is 2.73 bits per heavy atom. The van der Waals surface area contributed by atoms with Gasteiger partial charge in [-0.25, -0.2) is 0 Å². The summed E-state index contributed by atoms with van der Waals surface area (Å²) in [6.45, 7) is 0.767. The number of thioether (sulfide) groups is 1. The Bertz CT molecular complexity index is 186. The van der Waals surface area contributed by atoms with Crippen LogP contribution in [0.5, 0.6) is 0 Å². The maximum absolute atomic E-state index is 5.37. The van der Waals surface area contributed by atoms with E-state index in [0.29, 0.717) is 0 Å². The van der Waals surface area contributed by atoms with E-state index in [4.69, 9.17) is 5.73 Å². The van der Waals surface area contributed by atoms with Gasteiger partial charge < -0.3 is 5.73 Å². The number of nitrogens with two attached hydrogens (primary N) is 1. The quantitative estimate of drug-likeness (QED) is 0.689. The molecule has 1 aromatic rings. The SMILES string of the molecule is NCCSCc1cc[c]cc1. The molecule has 1 aromatic carbocycles. The lowest BCUT2D eigenvalue weighted by Gasteiger charge is -1.98. The largest absolute Gasteiger partial charge is 0.330 e. The van der Waals surface area contributed by atoms with Crippen molar-refractivity contribution in [2.45, 2.75) is 5.75 Å². The molecule has 0 unspecified atom stereocenters. The molecule has 0 heterocycles. The predicted octanol–water partition coefficient (Wildman–Crippen LogP) is 1.68. The zero-order valence-corrected chi connectivity index (χ0v) is 7.23. The Morgan fingerprint density at radius 2 is 2.09 bits per heavy atom. The molecule has 0 bridgehead atoms. The molecule has 0 amide bonds. The average Bonchev–Trinajstić information content (AvgIpc) is 2.07. The molecule has 2 N–H and O–H groups in total. The maximum Gasteiger partial charge on any atom is 0.0185 e. The molecular formula is C9H12NS. The second-order valence-corrected chi connectivity index (χ2v) is 3.35. The summed E-state index contributed by atoms with van der Waals surface area (Å²) in [6.07, 6.45) is 0. The summed E-state index contributed by atoms with van der Waals surface area (Å²) in [5.74, 6) is 2.10. The van der Waals surface area contributed by atoms with Crippen LogP contribution in [0.2, 0.25) is 0 Å². The molecule has 59 valence electrons. The maximum atomic E-state index is 5.37. The fourth-order valence-corrected chi connectivity index (χ4v) is 1.53. The summed E-state index contributed by atoms with van der Waals surface area (Å²) < 4.78 is 0. The van der Waals surface area contributed by atoms with Crippen LogP contribution in [-0.2, 0) is 5.75 Å². The van der Waals surface area contributed by atoms with Gasteiger partial charge in [-0.05, 0) is 11.6 Å². The molecule has 1 nitrogen and oxygen atoms in total. The van der Waals surface area contributed by atoms with E-state index in [1.54, 1.807) is 0 Å². The molecule has 1 rings (SSSR count). The monoisotopic (exact) mass is 166 g/mol. The first-order valence-electron chi connectivity index (χ1n) is 3.66. The minimum absolute atomic E-state index is 0.767. The number of benzene rings is 1. The Kier molecular flexibility index (Phi) is 4.09. The second-order valence-electron chi connectivity index (χ2n) is 2.25. The van der Waals surface area contributed by atoms with Crippen LogP contribution in [0.3, 0.4) is 0 Å². The van der Waals surface area contributed by atoms with Crippen LogP contribution in [0.15, 0.2) is 24.3 Å². The molecule has 2 heteroatoms. The van der Waals surface area contributed by atoms with E-state index in [9.17, 15) is 0 Å². The molecule has 0 saturated heterocycles. The van der Waals surface area contributed by atoms with E-state index >= 15 is 0 Å². The van der Waals surface area contributed by atoms with Gasteiger partial charge in [-0.15, -0.1) is 0 Å². The van der Waals surface area contributed by atoms with Crippen molar-refractivity contribution in [3.8, 4) is 0 Å². The fourth-order valence-electron chi connectivity index (χ4n) is 0.791. The van der Waals surface area contributed by atoms with E-state index < -0.39 is 0 Å². The smallest absolute Gasteiger partial charge is 0.0185 e. The van der Waals surface area contributed by atoms with Crippen molar-refractivity contribution in [2.24, 2.45) is 5.73 Å². The Labute approximate surface area is 72.0 Å². The van der Waals surface area contributed by atoms with Gasteiger partial charge in [0.2, 0.25) is 0 Å². The average molecular weight is 166 g/mol. The molecule has 0 aliphatic rings. The number of hydrogen-bond donors (Lipinski definition) is 1. The van der Waals surface area contributed by atoms with Crippen LogP contribution in [0.25, 0.3) is 0 Å². The Hall–Kier alpha value is -0.470. The molecule has 0 spiro atoms. The molecule has 0 atom stereocenters. The molecule has 0 aromatic heterocycles. The molecule has 0 saturated carbocycles. The van der Waals surface area contributed by atoms with Crippen molar-refractivity contribution in [1.29, 1.82) is 0 Å². The highest BCUT2D eigenvalue weighted by Gasteiger charge is 1.89. The topological polar surface area (TPSA) is 26.0 Å². The highest BCUT2D eigenvalue weighted by molar-refractivity contribution is 7.98. The molecule has 11 heavy (non-hydrogen) atoms. The fraction of sp³-hybridized carbons (Fsp3) is 0.333. The normalized spacial score (nSPS) is 9.91. The van der Waals surface area contributed by atoms with Gasteiger partial charge in [-0.2, -0.15) is 11.8 Å². The lowest BCUT2D eigenvalue weighted by molar-refractivity contribution is 1.15. The van der Waals surface area contributed by atoms with Gasteiger partial charge in [0.15, 0.2) is 0 Å². The summed E-state index contributed by atoms with van der Waals surface area (Å²) in [5, 5.41) is 0. The first-order valence-corrected chi connectivity index (χ1v) is 4.82. The summed E-state index contributed by atoms with van der Waals surface area (Å²) in [5.41, 5.74) is 6.71. The van der Waals surface area contributed by atoms with E-state index in [1.807, 2.05) is 23.9 Å². The van der Waals surface area contributed by atoms with E-state index in [-0.39, 0.29) is 0 Å². The van der Waals surface area contributed by atoms with Crippen molar-refractivity contribution < 1.29 is 0 Å². The number of hydrogen-bond acceptors (Lipinski definition) is 2. The van der Waals surface area contributed by atoms with Crippen molar-refractivity contribution >= 4 is 11.8 Å². The van der Waals surface area contributed by atoms with Crippen LogP contribution in [0, 0.1) is 6.07 Å². The van der Waals surface area contributed by atoms with E-state index in [0.717, 1.165) is 18.1 Å². The third kappa shape index (κ3) is 3.44. The standard InChI is InChI=1S/C9H12NS/c10-6-7-11-8-9-4-2-1-3-5-9/h2-5H,6-8,10H2. The Morgan fingerprint density at radius 1 is 1.36 bits per heavy atom. The van der Waals surface area contributed by atoms with Crippen molar-refractivity contribution in [3.63, 3.8) is 0 Å². The summed E-state index contributed by atoms with van der Waals surface area (Å²) in [7, 11) is 0. The molecule has 0 fully saturated rings. The highest BCUT2D eigenvalue weighted by atomic mass is 32.2. The van der Waals surface area contributed by atoms with Gasteiger partial charge in [0.05, 0.1) is 0 Å².